The van der Waals surface area contributed by atoms with Crippen LogP contribution in [0.2, 0.25) is 0 Å². The maximum Gasteiger partial charge on any atom is 0.314 e. The van der Waals surface area contributed by atoms with Crippen LogP contribution >= 0.6 is 0 Å². The topological polar surface area (TPSA) is 111 Å². The number of aliphatic carboxylic acids is 2. The monoisotopic (exact) mass is 420 g/mol. The summed E-state index contributed by atoms with van der Waals surface area (Å²) in [7, 11) is 0. The van der Waals surface area contributed by atoms with Crippen LogP contribution < -0.4 is 0 Å². The maximum absolute atomic E-state index is 9.43. The Morgan fingerprint density at radius 3 is 2.12 bits per heavy atom. The number of hydrogen-bond acceptors (Lipinski definition) is 3. The molecule has 0 saturated carbocycles. The molecule has 0 unspecified atom stereocenters. The first-order valence-corrected chi connectivity index (χ1v) is 4.54. The number of aromatic nitrogens is 1. The third-order valence-electron chi connectivity index (χ3n) is 1.41. The number of nitrogens with zero attached hydrogens (tertiary/aromatic N) is 1. The van der Waals surface area contributed by atoms with Crippen LogP contribution in [-0.4, -0.2) is 33.7 Å². The van der Waals surface area contributed by atoms with E-state index in [1.165, 1.54) is 0 Å². The van der Waals surface area contributed by atoms with Crippen molar-refractivity contribution in [3.05, 3.63) is 35.8 Å². The van der Waals surface area contributed by atoms with E-state index in [1.54, 1.807) is 6.20 Å². The van der Waals surface area contributed by atoms with E-state index < -0.39 is 18.4 Å². The molecule has 0 amide bonds. The van der Waals surface area contributed by atoms with Gasteiger partial charge in [-0.15, -0.1) is 6.54 Å². The summed E-state index contributed by atoms with van der Waals surface area (Å²) in [5.74, 6) is -2.62. The molecule has 0 aliphatic heterocycles. The van der Waals surface area contributed by atoms with Gasteiger partial charge in [0, 0.05) is 33.0 Å². The third-order valence-corrected chi connectivity index (χ3v) is 1.41. The van der Waals surface area contributed by atoms with Crippen LogP contribution in [-0.2, 0) is 37.1 Å². The standard InChI is InChI=1S/C7H9N2.C3H4O4.Pt/c8-5-4-7-3-1-2-6-9-7;4-2(5)1-3(6)7;/h1-3,6,8H,4-5H2;1H2,(H,4,5)(H,6,7);/q-1;;. The van der Waals surface area contributed by atoms with Crippen molar-refractivity contribution in [1.82, 2.24) is 4.98 Å². The number of carboxylic acid groups (broad SMARTS) is 2. The predicted molar refractivity (Wildman–Crippen MR) is 57.0 cm³/mol. The van der Waals surface area contributed by atoms with Gasteiger partial charge in [0.15, 0.2) is 0 Å². The second kappa shape index (κ2) is 11.2. The van der Waals surface area contributed by atoms with Gasteiger partial charge in [0.2, 0.25) is 0 Å². The summed E-state index contributed by atoms with van der Waals surface area (Å²) in [5, 5.41) is 15.4. The summed E-state index contributed by atoms with van der Waals surface area (Å²) >= 11 is 0. The van der Waals surface area contributed by atoms with Crippen molar-refractivity contribution in [3.8, 4) is 0 Å². The number of nitrogens with one attached hydrogen (secondary N) is 1. The molecular weight excluding hydrogens is 407 g/mol. The summed E-state index contributed by atoms with van der Waals surface area (Å²) in [6, 6.07) is 5.76. The zero-order chi connectivity index (χ0) is 12.4. The quantitative estimate of drug-likeness (QED) is 0.712. The largest absolute Gasteiger partial charge is 0.677 e. The van der Waals surface area contributed by atoms with Gasteiger partial charge in [0.05, 0.1) is 0 Å². The zero-order valence-corrected chi connectivity index (χ0v) is 11.2. The summed E-state index contributed by atoms with van der Waals surface area (Å²) < 4.78 is 0. The Morgan fingerprint density at radius 2 is 1.82 bits per heavy atom. The molecule has 0 radical (unpaired) electrons. The molecule has 0 fully saturated rings. The minimum Gasteiger partial charge on any atom is -0.677 e. The molecule has 6 nitrogen and oxygen atoms in total. The van der Waals surface area contributed by atoms with Crippen molar-refractivity contribution in [2.75, 3.05) is 6.54 Å². The molecule has 0 atom stereocenters. The fourth-order valence-electron chi connectivity index (χ4n) is 0.803. The summed E-state index contributed by atoms with van der Waals surface area (Å²) in [6.45, 7) is 0.428. The van der Waals surface area contributed by atoms with Gasteiger partial charge in [-0.2, -0.15) is 0 Å². The van der Waals surface area contributed by atoms with Gasteiger partial charge >= 0.3 is 11.9 Å². The van der Waals surface area contributed by atoms with Crippen molar-refractivity contribution in [1.29, 1.82) is 0 Å². The van der Waals surface area contributed by atoms with Crippen LogP contribution in [0.3, 0.4) is 0 Å². The second-order valence-corrected chi connectivity index (χ2v) is 2.79. The average molecular weight is 420 g/mol. The number of rotatable bonds is 4. The second-order valence-electron chi connectivity index (χ2n) is 2.79. The van der Waals surface area contributed by atoms with Crippen molar-refractivity contribution >= 4 is 11.9 Å². The molecule has 0 bridgehead atoms. The van der Waals surface area contributed by atoms with Crippen molar-refractivity contribution in [2.45, 2.75) is 12.8 Å². The Balaban J connectivity index is 0. The van der Waals surface area contributed by atoms with Crippen LogP contribution in [0.1, 0.15) is 12.1 Å². The first-order valence-electron chi connectivity index (χ1n) is 4.54. The van der Waals surface area contributed by atoms with E-state index in [0.29, 0.717) is 6.54 Å². The van der Waals surface area contributed by atoms with Gasteiger partial charge in [0.25, 0.3) is 0 Å². The van der Waals surface area contributed by atoms with E-state index in [9.17, 15) is 9.59 Å². The van der Waals surface area contributed by atoms with Crippen LogP contribution in [0, 0.1) is 0 Å². The van der Waals surface area contributed by atoms with Crippen molar-refractivity contribution in [2.24, 2.45) is 0 Å². The average Bonchev–Trinajstić information content (AvgIpc) is 2.18. The van der Waals surface area contributed by atoms with Crippen LogP contribution in [0.5, 0.6) is 0 Å². The molecule has 1 heterocycles. The van der Waals surface area contributed by atoms with E-state index in [4.69, 9.17) is 15.9 Å². The molecule has 3 N–H and O–H groups in total. The Bertz CT molecular complexity index is 320. The summed E-state index contributed by atoms with van der Waals surface area (Å²) in [5.41, 5.74) is 7.91. The molecule has 1 aromatic heterocycles. The minimum atomic E-state index is -1.31. The fourth-order valence-corrected chi connectivity index (χ4v) is 0.803. The fraction of sp³-hybridized carbons (Fsp3) is 0.300. The van der Waals surface area contributed by atoms with E-state index in [2.05, 4.69) is 4.98 Å². The van der Waals surface area contributed by atoms with Gasteiger partial charge in [-0.25, -0.2) is 0 Å². The van der Waals surface area contributed by atoms with Gasteiger partial charge < -0.3 is 15.9 Å². The van der Waals surface area contributed by atoms with Crippen LogP contribution in [0.25, 0.3) is 5.73 Å². The third kappa shape index (κ3) is 12.7. The number of carboxylic acids is 2. The minimum absolute atomic E-state index is 0. The molecule has 98 valence electrons. The van der Waals surface area contributed by atoms with E-state index in [-0.39, 0.29) is 21.1 Å². The van der Waals surface area contributed by atoms with Gasteiger partial charge in [-0.3, -0.25) is 14.6 Å². The molecule has 0 spiro atoms. The summed E-state index contributed by atoms with van der Waals surface area (Å²) in [6.07, 6.45) is 1.71. The molecule has 0 saturated heterocycles. The molecular formula is C10H13N2O4Pt-. The van der Waals surface area contributed by atoms with Crippen molar-refractivity contribution < 1.29 is 40.9 Å². The molecule has 1 aromatic rings. The molecule has 1 rings (SSSR count). The Morgan fingerprint density at radius 1 is 1.24 bits per heavy atom. The number of carbonyl (C=O) groups is 2. The van der Waals surface area contributed by atoms with E-state index in [1.807, 2.05) is 18.2 Å². The summed E-state index contributed by atoms with van der Waals surface area (Å²) in [4.78, 5) is 22.9. The Labute approximate surface area is 113 Å². The van der Waals surface area contributed by atoms with Gasteiger partial charge in [0.1, 0.15) is 6.42 Å². The first-order chi connectivity index (χ1) is 7.56. The number of hydrogen-bond donors (Lipinski definition) is 2. The molecule has 0 aliphatic rings. The van der Waals surface area contributed by atoms with Crippen molar-refractivity contribution in [3.63, 3.8) is 0 Å². The smallest absolute Gasteiger partial charge is 0.314 e. The van der Waals surface area contributed by atoms with Crippen LogP contribution in [0.15, 0.2) is 24.4 Å². The first kappa shape index (κ1) is 18.1. The molecule has 7 heteroatoms. The predicted octanol–water partition coefficient (Wildman–Crippen LogP) is 1.22. The molecule has 0 aliphatic carbocycles. The van der Waals surface area contributed by atoms with Gasteiger partial charge in [-0.05, 0) is 18.6 Å². The SMILES string of the molecule is O=C(O)CC(=O)O.[NH-]CCc1ccccn1.[Pt]. The Kier molecular flexibility index (Phi) is 12.0. The zero-order valence-electron chi connectivity index (χ0n) is 8.91. The normalized spacial score (nSPS) is 8.29. The van der Waals surface area contributed by atoms with Crippen LogP contribution in [0.4, 0.5) is 0 Å². The molecule has 0 aromatic carbocycles. The Hall–Kier alpha value is -1.26. The van der Waals surface area contributed by atoms with E-state index >= 15 is 0 Å². The van der Waals surface area contributed by atoms with Gasteiger partial charge in [-0.1, -0.05) is 6.07 Å². The van der Waals surface area contributed by atoms with E-state index in [0.717, 1.165) is 12.1 Å². The molecule has 17 heavy (non-hydrogen) atoms. The maximum atomic E-state index is 9.43. The number of pyridine rings is 1.